The third-order valence-electron chi connectivity index (χ3n) is 4.42. The highest BCUT2D eigenvalue weighted by molar-refractivity contribution is 5.71. The van der Waals surface area contributed by atoms with E-state index in [-0.39, 0.29) is 5.66 Å². The van der Waals surface area contributed by atoms with E-state index in [2.05, 4.69) is 83.0 Å². The molecule has 1 atom stereocenters. The maximum Gasteiger partial charge on any atom is 0.0920 e. The lowest BCUT2D eigenvalue weighted by Gasteiger charge is -2.36. The van der Waals surface area contributed by atoms with Crippen LogP contribution in [0.2, 0.25) is 0 Å². The Morgan fingerprint density at radius 1 is 0.875 bits per heavy atom. The average molecular weight is 449 g/mol. The lowest BCUT2D eigenvalue weighted by molar-refractivity contribution is 0.173. The van der Waals surface area contributed by atoms with Gasteiger partial charge in [0.25, 0.3) is 0 Å². The molecule has 1 aromatic rings. The van der Waals surface area contributed by atoms with Crippen LogP contribution in [-0.4, -0.2) is 24.2 Å². The van der Waals surface area contributed by atoms with Crippen molar-refractivity contribution in [2.45, 2.75) is 121 Å². The summed E-state index contributed by atoms with van der Waals surface area (Å²) in [6.45, 7) is 27.8. The summed E-state index contributed by atoms with van der Waals surface area (Å²) in [4.78, 5) is 2.29. The standard InChI is InChI=1S/C19H28N2.C3H8.4C2H6/c1-5-12-21(4)19(20)13-15(2)10-11-17(14-19)18-9-7-6-8-16(18)3;1-3-2;4*1-2/h6-10,14H,5,11-13,20H2,1-4H3;3H2,1-2H3;4*1-2H3/t19-;;;;;/m0...../s1. The topological polar surface area (TPSA) is 29.3 Å². The molecule has 1 aliphatic carbocycles. The molecule has 0 spiro atoms. The number of hydrogen-bond acceptors (Lipinski definition) is 2. The molecular formula is C30H60N2. The number of nitrogens with two attached hydrogens (primary N) is 1. The molecule has 0 bridgehead atoms. The number of nitrogens with zero attached hydrogens (tertiary/aromatic N) is 1. The second-order valence-corrected chi connectivity index (χ2v) is 7.04. The highest BCUT2D eigenvalue weighted by Crippen LogP contribution is 2.32. The first-order chi connectivity index (χ1) is 15.4. The third kappa shape index (κ3) is 15.4. The number of aryl methyl sites for hydroxylation is 1. The Morgan fingerprint density at radius 3 is 1.78 bits per heavy atom. The maximum absolute atomic E-state index is 6.77. The van der Waals surface area contributed by atoms with Crippen LogP contribution in [0.3, 0.4) is 0 Å². The van der Waals surface area contributed by atoms with Crippen LogP contribution in [0.5, 0.6) is 0 Å². The smallest absolute Gasteiger partial charge is 0.0920 e. The zero-order chi connectivity index (χ0) is 26.2. The van der Waals surface area contributed by atoms with Crippen LogP contribution in [-0.2, 0) is 0 Å². The molecule has 0 heterocycles. The zero-order valence-electron chi connectivity index (χ0n) is 24.5. The highest BCUT2D eigenvalue weighted by atomic mass is 15.2. The van der Waals surface area contributed by atoms with E-state index in [1.165, 1.54) is 28.7 Å². The van der Waals surface area contributed by atoms with Crippen molar-refractivity contribution in [1.82, 2.24) is 4.90 Å². The fourth-order valence-corrected chi connectivity index (χ4v) is 3.12. The molecule has 0 unspecified atom stereocenters. The van der Waals surface area contributed by atoms with Gasteiger partial charge in [0.2, 0.25) is 0 Å². The first-order valence-corrected chi connectivity index (χ1v) is 13.3. The van der Waals surface area contributed by atoms with Crippen LogP contribution < -0.4 is 5.73 Å². The Labute approximate surface area is 204 Å². The van der Waals surface area contributed by atoms with Crippen molar-refractivity contribution in [3.63, 3.8) is 0 Å². The van der Waals surface area contributed by atoms with E-state index in [0.717, 1.165) is 25.8 Å². The summed E-state index contributed by atoms with van der Waals surface area (Å²) in [6.07, 6.45) is 8.85. The first kappa shape index (κ1) is 37.9. The predicted molar refractivity (Wildman–Crippen MR) is 153 cm³/mol. The minimum Gasteiger partial charge on any atom is -0.310 e. The van der Waals surface area contributed by atoms with Gasteiger partial charge in [0, 0.05) is 6.42 Å². The molecule has 0 saturated carbocycles. The SMILES string of the molecule is CC.CC.CC.CC.CCC.CCCN(C)[C@]1(N)C=C(c2ccccc2C)CC=C(C)C1. The van der Waals surface area contributed by atoms with Gasteiger partial charge in [0.05, 0.1) is 5.66 Å². The van der Waals surface area contributed by atoms with Crippen molar-refractivity contribution in [2.75, 3.05) is 13.6 Å². The summed E-state index contributed by atoms with van der Waals surface area (Å²) in [7, 11) is 2.13. The van der Waals surface area contributed by atoms with E-state index in [1.807, 2.05) is 55.4 Å². The van der Waals surface area contributed by atoms with Crippen LogP contribution in [0, 0.1) is 6.92 Å². The molecule has 1 aliphatic rings. The van der Waals surface area contributed by atoms with Crippen LogP contribution >= 0.6 is 0 Å². The molecule has 2 heteroatoms. The second-order valence-electron chi connectivity index (χ2n) is 7.04. The van der Waals surface area contributed by atoms with E-state index in [0.29, 0.717) is 0 Å². The third-order valence-corrected chi connectivity index (χ3v) is 4.42. The first-order valence-electron chi connectivity index (χ1n) is 13.3. The number of likely N-dealkylation sites (N-methyl/N-ethyl adjacent to an activating group) is 1. The number of benzene rings is 1. The summed E-state index contributed by atoms with van der Waals surface area (Å²) in [6, 6.07) is 8.58. The van der Waals surface area contributed by atoms with Gasteiger partial charge in [-0.2, -0.15) is 0 Å². The molecule has 0 fully saturated rings. The van der Waals surface area contributed by atoms with E-state index in [1.54, 1.807) is 0 Å². The summed E-state index contributed by atoms with van der Waals surface area (Å²) in [5.74, 6) is 0. The molecule has 2 rings (SSSR count). The van der Waals surface area contributed by atoms with Crippen LogP contribution in [0.4, 0.5) is 0 Å². The van der Waals surface area contributed by atoms with E-state index in [4.69, 9.17) is 5.73 Å². The van der Waals surface area contributed by atoms with Gasteiger partial charge >= 0.3 is 0 Å². The number of rotatable bonds is 4. The molecule has 0 radical (unpaired) electrons. The lowest BCUT2D eigenvalue weighted by Crippen LogP contribution is -2.53. The van der Waals surface area contributed by atoms with E-state index < -0.39 is 0 Å². The molecule has 1 aromatic carbocycles. The quantitative estimate of drug-likeness (QED) is 0.367. The minimum absolute atomic E-state index is 0.384. The summed E-state index contributed by atoms with van der Waals surface area (Å²) < 4.78 is 0. The van der Waals surface area contributed by atoms with Crippen molar-refractivity contribution in [2.24, 2.45) is 5.73 Å². The van der Waals surface area contributed by atoms with Gasteiger partial charge in [-0.15, -0.1) is 0 Å². The summed E-state index contributed by atoms with van der Waals surface area (Å²) in [5, 5.41) is 0. The number of hydrogen-bond donors (Lipinski definition) is 1. The lowest BCUT2D eigenvalue weighted by atomic mass is 9.94. The fourth-order valence-electron chi connectivity index (χ4n) is 3.12. The van der Waals surface area contributed by atoms with Crippen LogP contribution in [0.1, 0.15) is 120 Å². The molecule has 0 saturated heterocycles. The van der Waals surface area contributed by atoms with Crippen molar-refractivity contribution in [3.05, 3.63) is 53.1 Å². The molecule has 0 amide bonds. The monoisotopic (exact) mass is 448 g/mol. The highest BCUT2D eigenvalue weighted by Gasteiger charge is 2.29. The van der Waals surface area contributed by atoms with Crippen LogP contribution in [0.15, 0.2) is 42.0 Å². The van der Waals surface area contributed by atoms with Crippen molar-refractivity contribution >= 4 is 5.57 Å². The molecule has 32 heavy (non-hydrogen) atoms. The van der Waals surface area contributed by atoms with Gasteiger partial charge < -0.3 is 5.73 Å². The molecule has 0 aliphatic heterocycles. The predicted octanol–water partition coefficient (Wildman–Crippen LogP) is 9.64. The molecule has 0 aromatic heterocycles. The zero-order valence-corrected chi connectivity index (χ0v) is 24.5. The number of allylic oxidation sites excluding steroid dienone is 2. The van der Waals surface area contributed by atoms with Gasteiger partial charge in [0.15, 0.2) is 0 Å². The van der Waals surface area contributed by atoms with E-state index in [9.17, 15) is 0 Å². The van der Waals surface area contributed by atoms with Crippen molar-refractivity contribution < 1.29 is 0 Å². The van der Waals surface area contributed by atoms with Gasteiger partial charge in [0.1, 0.15) is 0 Å². The largest absolute Gasteiger partial charge is 0.310 e. The molecule has 2 nitrogen and oxygen atoms in total. The van der Waals surface area contributed by atoms with Gasteiger partial charge in [-0.1, -0.05) is 118 Å². The van der Waals surface area contributed by atoms with Gasteiger partial charge in [-0.3, -0.25) is 4.90 Å². The average Bonchev–Trinajstić information content (AvgIpc) is 2.98. The Bertz CT molecular complexity index is 572. The van der Waals surface area contributed by atoms with E-state index >= 15 is 0 Å². The Hall–Kier alpha value is -1.38. The Morgan fingerprint density at radius 2 is 1.34 bits per heavy atom. The summed E-state index contributed by atoms with van der Waals surface area (Å²) >= 11 is 0. The molecular weight excluding hydrogens is 388 g/mol. The van der Waals surface area contributed by atoms with Crippen LogP contribution in [0.25, 0.3) is 5.57 Å². The Kier molecular flexibility index (Phi) is 30.7. The second kappa shape index (κ2) is 25.9. The fraction of sp³-hybridized carbons (Fsp3) is 0.667. The van der Waals surface area contributed by atoms with Gasteiger partial charge in [-0.25, -0.2) is 0 Å². The normalized spacial score (nSPS) is 16.2. The summed E-state index contributed by atoms with van der Waals surface area (Å²) in [5.41, 5.74) is 11.7. The maximum atomic E-state index is 6.77. The minimum atomic E-state index is -0.384. The molecule has 190 valence electrons. The van der Waals surface area contributed by atoms with Gasteiger partial charge in [-0.05, 0) is 63.1 Å². The van der Waals surface area contributed by atoms with Crippen molar-refractivity contribution in [3.8, 4) is 0 Å². The Balaban J connectivity index is -0.000000308. The molecule has 2 N–H and O–H groups in total. The van der Waals surface area contributed by atoms with Crippen molar-refractivity contribution in [1.29, 1.82) is 0 Å².